The molecule has 130 valence electrons. The minimum Gasteiger partial charge on any atom is -0.490 e. The maximum Gasteiger partial charge on any atom is 0.254 e. The zero-order chi connectivity index (χ0) is 17.2. The van der Waals surface area contributed by atoms with Gasteiger partial charge in [0.25, 0.3) is 5.91 Å². The van der Waals surface area contributed by atoms with Gasteiger partial charge in [-0.25, -0.2) is 0 Å². The van der Waals surface area contributed by atoms with E-state index in [1.165, 1.54) is 0 Å². The lowest BCUT2D eigenvalue weighted by Crippen LogP contribution is -2.30. The number of likely N-dealkylation sites (tertiary alicyclic amines) is 1. The summed E-state index contributed by atoms with van der Waals surface area (Å²) >= 11 is 6.04. The number of hydrogen-bond donors (Lipinski definition) is 0. The molecule has 2 aromatic carbocycles. The van der Waals surface area contributed by atoms with Crippen LogP contribution >= 0.6 is 11.6 Å². The predicted molar refractivity (Wildman–Crippen MR) is 96.5 cm³/mol. The zero-order valence-corrected chi connectivity index (χ0v) is 14.7. The van der Waals surface area contributed by atoms with Crippen molar-refractivity contribution in [2.75, 3.05) is 19.8 Å². The molecule has 0 aliphatic carbocycles. The van der Waals surface area contributed by atoms with E-state index in [4.69, 9.17) is 21.1 Å². The first-order valence-electron chi connectivity index (χ1n) is 8.68. The van der Waals surface area contributed by atoms with Crippen LogP contribution in [0.15, 0.2) is 42.5 Å². The molecule has 1 amide bonds. The van der Waals surface area contributed by atoms with Gasteiger partial charge in [0, 0.05) is 23.6 Å². The summed E-state index contributed by atoms with van der Waals surface area (Å²) in [6.07, 6.45) is 2.82. The van der Waals surface area contributed by atoms with Crippen molar-refractivity contribution in [3.8, 4) is 11.5 Å². The van der Waals surface area contributed by atoms with E-state index in [2.05, 4.69) is 0 Å². The fraction of sp³-hybridized carbons (Fsp3) is 0.350. The van der Waals surface area contributed by atoms with Crippen molar-refractivity contribution in [1.29, 1.82) is 0 Å². The Morgan fingerprint density at radius 3 is 2.72 bits per heavy atom. The van der Waals surface area contributed by atoms with Gasteiger partial charge in [0.15, 0.2) is 11.5 Å². The molecule has 5 heteroatoms. The summed E-state index contributed by atoms with van der Waals surface area (Å²) in [6.45, 7) is 2.09. The number of nitrogens with zero attached hydrogens (tertiary/aromatic N) is 1. The Morgan fingerprint density at radius 1 is 1.04 bits per heavy atom. The lowest BCUT2D eigenvalue weighted by molar-refractivity contribution is 0.0735. The number of halogens is 1. The third-order valence-corrected chi connectivity index (χ3v) is 4.98. The number of hydrogen-bond acceptors (Lipinski definition) is 3. The number of ether oxygens (including phenoxy) is 2. The van der Waals surface area contributed by atoms with Gasteiger partial charge in [-0.3, -0.25) is 4.79 Å². The van der Waals surface area contributed by atoms with Crippen LogP contribution in [0.3, 0.4) is 0 Å². The van der Waals surface area contributed by atoms with Crippen LogP contribution in [0.1, 0.15) is 41.2 Å². The normalized spacial score (nSPS) is 19.6. The molecule has 4 rings (SSSR count). The van der Waals surface area contributed by atoms with Crippen LogP contribution in [-0.4, -0.2) is 30.6 Å². The monoisotopic (exact) mass is 357 g/mol. The molecule has 1 saturated heterocycles. The third kappa shape index (κ3) is 3.31. The standard InChI is InChI=1S/C20H20ClNO3/c21-16-5-1-4-15(12-16)20(23)22-9-2-6-17(22)14-7-8-18-19(13-14)25-11-3-10-24-18/h1,4-5,7-8,12-13,17H,2-3,6,9-11H2. The Morgan fingerprint density at radius 2 is 1.88 bits per heavy atom. The minimum atomic E-state index is 0.0251. The Balaban J connectivity index is 1.61. The Hall–Kier alpha value is -2.20. The van der Waals surface area contributed by atoms with E-state index in [0.717, 1.165) is 42.9 Å². The molecule has 4 nitrogen and oxygen atoms in total. The highest BCUT2D eigenvalue weighted by Crippen LogP contribution is 2.38. The second-order valence-electron chi connectivity index (χ2n) is 6.42. The molecule has 2 aliphatic heterocycles. The summed E-state index contributed by atoms with van der Waals surface area (Å²) in [5.41, 5.74) is 1.73. The molecule has 0 N–H and O–H groups in total. The molecule has 1 unspecified atom stereocenters. The first-order valence-corrected chi connectivity index (χ1v) is 9.06. The topological polar surface area (TPSA) is 38.8 Å². The molecular weight excluding hydrogens is 338 g/mol. The van der Waals surface area contributed by atoms with Gasteiger partial charge in [-0.15, -0.1) is 0 Å². The number of benzene rings is 2. The number of rotatable bonds is 2. The van der Waals surface area contributed by atoms with Crippen LogP contribution in [0, 0.1) is 0 Å². The Labute approximate surface area is 152 Å². The average Bonchev–Trinajstić information content (AvgIpc) is 2.99. The summed E-state index contributed by atoms with van der Waals surface area (Å²) < 4.78 is 11.5. The summed E-state index contributed by atoms with van der Waals surface area (Å²) in [6, 6.07) is 13.2. The Bertz CT molecular complexity index is 792. The maximum absolute atomic E-state index is 12.9. The molecule has 2 aromatic rings. The van der Waals surface area contributed by atoms with Crippen molar-refractivity contribution >= 4 is 17.5 Å². The molecule has 2 heterocycles. The lowest BCUT2D eigenvalue weighted by atomic mass is 10.0. The van der Waals surface area contributed by atoms with Crippen molar-refractivity contribution in [2.45, 2.75) is 25.3 Å². The molecule has 1 fully saturated rings. The van der Waals surface area contributed by atoms with Gasteiger partial charge in [-0.05, 0) is 48.7 Å². The van der Waals surface area contributed by atoms with E-state index in [1.807, 2.05) is 35.2 Å². The quantitative estimate of drug-likeness (QED) is 0.795. The molecule has 0 radical (unpaired) electrons. The molecule has 1 atom stereocenters. The fourth-order valence-corrected chi connectivity index (χ4v) is 3.72. The van der Waals surface area contributed by atoms with Crippen LogP contribution in [0.4, 0.5) is 0 Å². The number of fused-ring (bicyclic) bond motifs is 1. The van der Waals surface area contributed by atoms with Crippen molar-refractivity contribution < 1.29 is 14.3 Å². The molecule has 0 bridgehead atoms. The summed E-state index contributed by atoms with van der Waals surface area (Å²) in [5, 5.41) is 0.581. The van der Waals surface area contributed by atoms with E-state index < -0.39 is 0 Å². The van der Waals surface area contributed by atoms with Gasteiger partial charge in [0.2, 0.25) is 0 Å². The van der Waals surface area contributed by atoms with Crippen molar-refractivity contribution in [3.63, 3.8) is 0 Å². The second-order valence-corrected chi connectivity index (χ2v) is 6.86. The smallest absolute Gasteiger partial charge is 0.254 e. The number of carbonyl (C=O) groups is 1. The zero-order valence-electron chi connectivity index (χ0n) is 13.9. The van der Waals surface area contributed by atoms with Gasteiger partial charge in [-0.1, -0.05) is 23.7 Å². The fourth-order valence-electron chi connectivity index (χ4n) is 3.53. The minimum absolute atomic E-state index is 0.0251. The van der Waals surface area contributed by atoms with Crippen LogP contribution in [0.25, 0.3) is 0 Å². The SMILES string of the molecule is O=C(c1cccc(Cl)c1)N1CCCC1c1ccc2c(c1)OCCCO2. The molecular formula is C20H20ClNO3. The maximum atomic E-state index is 12.9. The van der Waals surface area contributed by atoms with Crippen molar-refractivity contribution in [3.05, 3.63) is 58.6 Å². The molecule has 0 spiro atoms. The van der Waals surface area contributed by atoms with E-state index in [0.29, 0.717) is 23.8 Å². The van der Waals surface area contributed by atoms with Gasteiger partial charge < -0.3 is 14.4 Å². The molecule has 0 aromatic heterocycles. The molecule has 25 heavy (non-hydrogen) atoms. The average molecular weight is 358 g/mol. The van der Waals surface area contributed by atoms with Crippen molar-refractivity contribution in [2.24, 2.45) is 0 Å². The first kappa shape index (κ1) is 16.3. The van der Waals surface area contributed by atoms with E-state index in [1.54, 1.807) is 12.1 Å². The predicted octanol–water partition coefficient (Wildman–Crippen LogP) is 4.48. The van der Waals surface area contributed by atoms with Crippen LogP contribution in [-0.2, 0) is 0 Å². The Kier molecular flexibility index (Phi) is 4.53. The van der Waals surface area contributed by atoms with Gasteiger partial charge >= 0.3 is 0 Å². The lowest BCUT2D eigenvalue weighted by Gasteiger charge is -2.26. The third-order valence-electron chi connectivity index (χ3n) is 4.74. The van der Waals surface area contributed by atoms with E-state index in [9.17, 15) is 4.79 Å². The summed E-state index contributed by atoms with van der Waals surface area (Å²) in [4.78, 5) is 14.9. The van der Waals surface area contributed by atoms with Crippen LogP contribution < -0.4 is 9.47 Å². The highest BCUT2D eigenvalue weighted by Gasteiger charge is 2.31. The highest BCUT2D eigenvalue weighted by molar-refractivity contribution is 6.30. The summed E-state index contributed by atoms with van der Waals surface area (Å²) in [5.74, 6) is 1.58. The van der Waals surface area contributed by atoms with Gasteiger partial charge in [-0.2, -0.15) is 0 Å². The van der Waals surface area contributed by atoms with Gasteiger partial charge in [0.1, 0.15) is 0 Å². The largest absolute Gasteiger partial charge is 0.490 e. The van der Waals surface area contributed by atoms with Crippen LogP contribution in [0.2, 0.25) is 5.02 Å². The number of amides is 1. The van der Waals surface area contributed by atoms with Crippen LogP contribution in [0.5, 0.6) is 11.5 Å². The van der Waals surface area contributed by atoms with Crippen molar-refractivity contribution in [1.82, 2.24) is 4.90 Å². The summed E-state index contributed by atoms with van der Waals surface area (Å²) in [7, 11) is 0. The van der Waals surface area contributed by atoms with Gasteiger partial charge in [0.05, 0.1) is 19.3 Å². The van der Waals surface area contributed by atoms with E-state index >= 15 is 0 Å². The molecule has 2 aliphatic rings. The second kappa shape index (κ2) is 6.96. The van der Waals surface area contributed by atoms with E-state index in [-0.39, 0.29) is 11.9 Å². The first-order chi connectivity index (χ1) is 12.2. The highest BCUT2D eigenvalue weighted by atomic mass is 35.5. The number of carbonyl (C=O) groups excluding carboxylic acids is 1. The molecule has 0 saturated carbocycles.